The van der Waals surface area contributed by atoms with Gasteiger partial charge in [0.2, 0.25) is 5.43 Å². The fraction of sp³-hybridized carbons (Fsp3) is 0.542. The minimum absolute atomic E-state index is 0.0877. The van der Waals surface area contributed by atoms with Crippen molar-refractivity contribution >= 4 is 0 Å². The van der Waals surface area contributed by atoms with E-state index in [-0.39, 0.29) is 11.2 Å². The second-order valence-corrected chi connectivity index (χ2v) is 8.68. The smallest absolute Gasteiger partial charge is 0.223 e. The minimum Gasteiger partial charge on any atom is -0.503 e. The molecule has 0 amide bonds. The van der Waals surface area contributed by atoms with Crippen LogP contribution in [0.15, 0.2) is 41.2 Å². The van der Waals surface area contributed by atoms with E-state index in [9.17, 15) is 9.90 Å². The van der Waals surface area contributed by atoms with E-state index < -0.39 is 0 Å². The number of rotatable bonds is 5. The fourth-order valence-electron chi connectivity index (χ4n) is 4.83. The lowest BCUT2D eigenvalue weighted by Gasteiger charge is -2.25. The van der Waals surface area contributed by atoms with Crippen LogP contribution in [-0.4, -0.2) is 45.7 Å². The molecule has 2 aromatic rings. The first-order valence-corrected chi connectivity index (χ1v) is 11.0. The van der Waals surface area contributed by atoms with Gasteiger partial charge in [0, 0.05) is 38.4 Å². The van der Waals surface area contributed by atoms with Gasteiger partial charge in [-0.3, -0.25) is 14.6 Å². The molecule has 2 fully saturated rings. The lowest BCUT2D eigenvalue weighted by molar-refractivity contribution is 0.265. The summed E-state index contributed by atoms with van der Waals surface area (Å²) in [5.74, 6) is 0.436. The van der Waals surface area contributed by atoms with Crippen LogP contribution in [0, 0.1) is 0 Å². The van der Waals surface area contributed by atoms with Crippen molar-refractivity contribution in [3.05, 3.63) is 63.6 Å². The van der Waals surface area contributed by atoms with Gasteiger partial charge in [-0.15, -0.1) is 0 Å². The average molecular weight is 396 g/mol. The molecule has 0 spiro atoms. The standard InChI is InChI=1S/C24H33N3O2/c1-25-21(17-26-12-7-2-3-8-13-26)15-23(28)24(29)22(25)18-27-14-11-20(16-27)19-9-5-4-6-10-19/h4-6,9-10,15,20,29H,2-3,7-8,11-14,16-18H2,1H3/t20-/m0/s1. The summed E-state index contributed by atoms with van der Waals surface area (Å²) < 4.78 is 2.05. The van der Waals surface area contributed by atoms with E-state index in [1.54, 1.807) is 6.07 Å². The number of pyridine rings is 1. The van der Waals surface area contributed by atoms with Gasteiger partial charge in [0.05, 0.1) is 5.69 Å². The molecule has 2 aliphatic rings. The Morgan fingerprint density at radius 2 is 1.69 bits per heavy atom. The zero-order valence-electron chi connectivity index (χ0n) is 17.5. The lowest BCUT2D eigenvalue weighted by Crippen LogP contribution is -2.29. The van der Waals surface area contributed by atoms with Gasteiger partial charge in [-0.2, -0.15) is 0 Å². The monoisotopic (exact) mass is 395 g/mol. The fourth-order valence-corrected chi connectivity index (χ4v) is 4.83. The third-order valence-electron chi connectivity index (χ3n) is 6.64. The van der Waals surface area contributed by atoms with Crippen LogP contribution in [0.5, 0.6) is 5.75 Å². The van der Waals surface area contributed by atoms with Crippen LogP contribution in [0.25, 0.3) is 0 Å². The molecule has 0 radical (unpaired) electrons. The molecule has 4 rings (SSSR count). The molecule has 0 aliphatic carbocycles. The van der Waals surface area contributed by atoms with E-state index in [0.717, 1.165) is 50.5 Å². The first-order chi connectivity index (χ1) is 14.1. The number of benzene rings is 1. The summed E-state index contributed by atoms with van der Waals surface area (Å²) in [7, 11) is 1.99. The van der Waals surface area contributed by atoms with Gasteiger partial charge in [-0.25, -0.2) is 0 Å². The van der Waals surface area contributed by atoms with E-state index in [4.69, 9.17) is 0 Å². The molecule has 1 aromatic carbocycles. The van der Waals surface area contributed by atoms with Crippen LogP contribution in [0.2, 0.25) is 0 Å². The van der Waals surface area contributed by atoms with Crippen molar-refractivity contribution in [3.63, 3.8) is 0 Å². The molecule has 2 saturated heterocycles. The number of aromatic hydroxyl groups is 1. The SMILES string of the molecule is Cn1c(CN2CCCCCC2)cc(=O)c(O)c1CN1CC[C@H](c2ccccc2)C1. The topological polar surface area (TPSA) is 48.7 Å². The minimum atomic E-state index is -0.248. The maximum Gasteiger partial charge on any atom is 0.223 e. The second-order valence-electron chi connectivity index (χ2n) is 8.68. The summed E-state index contributed by atoms with van der Waals surface area (Å²) in [6.45, 7) is 5.54. The molecule has 0 saturated carbocycles. The first-order valence-electron chi connectivity index (χ1n) is 11.0. The van der Waals surface area contributed by atoms with Gasteiger partial charge >= 0.3 is 0 Å². The molecule has 29 heavy (non-hydrogen) atoms. The van der Waals surface area contributed by atoms with Crippen LogP contribution in [-0.2, 0) is 20.1 Å². The van der Waals surface area contributed by atoms with E-state index in [0.29, 0.717) is 12.5 Å². The van der Waals surface area contributed by atoms with Crippen LogP contribution >= 0.6 is 0 Å². The van der Waals surface area contributed by atoms with Crippen LogP contribution < -0.4 is 5.43 Å². The zero-order valence-corrected chi connectivity index (χ0v) is 17.5. The Labute approximate surface area is 173 Å². The predicted molar refractivity (Wildman–Crippen MR) is 116 cm³/mol. The van der Waals surface area contributed by atoms with Crippen molar-refractivity contribution < 1.29 is 5.11 Å². The Morgan fingerprint density at radius 3 is 2.41 bits per heavy atom. The summed E-state index contributed by atoms with van der Waals surface area (Å²) in [5, 5.41) is 10.5. The molecule has 5 heteroatoms. The third kappa shape index (κ3) is 4.73. The Morgan fingerprint density at radius 1 is 0.966 bits per heavy atom. The molecule has 0 bridgehead atoms. The third-order valence-corrected chi connectivity index (χ3v) is 6.64. The Hall–Kier alpha value is -2.11. The van der Waals surface area contributed by atoms with Gasteiger partial charge in [0.1, 0.15) is 0 Å². The number of hydrogen-bond donors (Lipinski definition) is 1. The summed E-state index contributed by atoms with van der Waals surface area (Å²) in [5.41, 5.74) is 2.88. The van der Waals surface area contributed by atoms with Gasteiger partial charge in [0.15, 0.2) is 5.75 Å². The molecular formula is C24H33N3O2. The number of likely N-dealkylation sites (tertiary alicyclic amines) is 2. The van der Waals surface area contributed by atoms with Gasteiger partial charge in [0.25, 0.3) is 0 Å². The van der Waals surface area contributed by atoms with E-state index in [1.807, 2.05) is 7.05 Å². The molecular weight excluding hydrogens is 362 g/mol. The number of nitrogens with zero attached hydrogens (tertiary/aromatic N) is 3. The molecule has 1 aromatic heterocycles. The van der Waals surface area contributed by atoms with Gasteiger partial charge < -0.3 is 9.67 Å². The first kappa shape index (κ1) is 20.2. The molecule has 2 aliphatic heterocycles. The lowest BCUT2D eigenvalue weighted by atomic mass is 9.99. The molecule has 1 atom stereocenters. The molecule has 5 nitrogen and oxygen atoms in total. The highest BCUT2D eigenvalue weighted by Gasteiger charge is 2.26. The Balaban J connectivity index is 1.49. The van der Waals surface area contributed by atoms with Crippen LogP contribution in [0.3, 0.4) is 0 Å². The van der Waals surface area contributed by atoms with Crippen molar-refractivity contribution in [2.75, 3.05) is 26.2 Å². The quantitative estimate of drug-likeness (QED) is 0.842. The Bertz CT molecular complexity index is 870. The highest BCUT2D eigenvalue weighted by molar-refractivity contribution is 5.30. The van der Waals surface area contributed by atoms with Crippen molar-refractivity contribution in [1.82, 2.24) is 14.4 Å². The highest BCUT2D eigenvalue weighted by Crippen LogP contribution is 2.29. The normalized spacial score (nSPS) is 21.3. The maximum atomic E-state index is 12.5. The summed E-state index contributed by atoms with van der Waals surface area (Å²) >= 11 is 0. The van der Waals surface area contributed by atoms with Gasteiger partial charge in [-0.05, 0) is 50.4 Å². The number of hydrogen-bond acceptors (Lipinski definition) is 4. The summed E-state index contributed by atoms with van der Waals surface area (Å²) in [4.78, 5) is 17.3. The predicted octanol–water partition coefficient (Wildman–Crippen LogP) is 3.46. The number of aromatic nitrogens is 1. The summed E-state index contributed by atoms with van der Waals surface area (Å²) in [6, 6.07) is 12.3. The van der Waals surface area contributed by atoms with E-state index >= 15 is 0 Å². The van der Waals surface area contributed by atoms with Crippen molar-refractivity contribution in [1.29, 1.82) is 0 Å². The molecule has 1 N–H and O–H groups in total. The largest absolute Gasteiger partial charge is 0.503 e. The van der Waals surface area contributed by atoms with Crippen LogP contribution in [0.1, 0.15) is 55.0 Å². The molecule has 3 heterocycles. The Kier molecular flexibility index (Phi) is 6.36. The van der Waals surface area contributed by atoms with Crippen molar-refractivity contribution in [2.45, 2.75) is 51.1 Å². The van der Waals surface area contributed by atoms with Crippen molar-refractivity contribution in [2.24, 2.45) is 7.05 Å². The maximum absolute atomic E-state index is 12.5. The van der Waals surface area contributed by atoms with Crippen molar-refractivity contribution in [3.8, 4) is 5.75 Å². The van der Waals surface area contributed by atoms with E-state index in [2.05, 4.69) is 44.7 Å². The molecule has 156 valence electrons. The zero-order chi connectivity index (χ0) is 20.2. The highest BCUT2D eigenvalue weighted by atomic mass is 16.3. The van der Waals surface area contributed by atoms with Crippen LogP contribution in [0.4, 0.5) is 0 Å². The summed E-state index contributed by atoms with van der Waals surface area (Å²) in [6.07, 6.45) is 6.18. The average Bonchev–Trinajstić information content (AvgIpc) is 3.06. The second kappa shape index (κ2) is 9.14. The van der Waals surface area contributed by atoms with Gasteiger partial charge in [-0.1, -0.05) is 43.2 Å². The van der Waals surface area contributed by atoms with E-state index in [1.165, 1.54) is 31.2 Å². The molecule has 0 unspecified atom stereocenters.